The minimum absolute atomic E-state index is 0.626. The molecule has 0 saturated carbocycles. The first-order chi connectivity index (χ1) is 9.72. The summed E-state index contributed by atoms with van der Waals surface area (Å²) in [5.74, 6) is 1.68. The molecule has 0 unspecified atom stereocenters. The van der Waals surface area contributed by atoms with Gasteiger partial charge in [0.2, 0.25) is 0 Å². The van der Waals surface area contributed by atoms with Gasteiger partial charge >= 0.3 is 0 Å². The molecule has 0 spiro atoms. The van der Waals surface area contributed by atoms with E-state index in [1.165, 1.54) is 16.7 Å². The van der Waals surface area contributed by atoms with Gasteiger partial charge in [0.25, 0.3) is 0 Å². The van der Waals surface area contributed by atoms with Crippen LogP contribution in [0.25, 0.3) is 0 Å². The van der Waals surface area contributed by atoms with Gasteiger partial charge in [0, 0.05) is 12.2 Å². The van der Waals surface area contributed by atoms with E-state index < -0.39 is 0 Å². The summed E-state index contributed by atoms with van der Waals surface area (Å²) in [5, 5.41) is 3.44. The second kappa shape index (κ2) is 5.45. The van der Waals surface area contributed by atoms with Crippen molar-refractivity contribution >= 4 is 5.69 Å². The number of fused-ring (bicyclic) bond motifs is 1. The van der Waals surface area contributed by atoms with Crippen LogP contribution in [0, 0.1) is 13.8 Å². The smallest absolute Gasteiger partial charge is 0.161 e. The van der Waals surface area contributed by atoms with Crippen molar-refractivity contribution < 1.29 is 9.47 Å². The molecule has 0 aliphatic carbocycles. The molecule has 1 N–H and O–H groups in total. The number of anilines is 1. The van der Waals surface area contributed by atoms with Crippen LogP contribution in [0.5, 0.6) is 11.5 Å². The highest BCUT2D eigenvalue weighted by Crippen LogP contribution is 2.31. The van der Waals surface area contributed by atoms with Crippen molar-refractivity contribution in [1.82, 2.24) is 0 Å². The van der Waals surface area contributed by atoms with Crippen LogP contribution >= 0.6 is 0 Å². The van der Waals surface area contributed by atoms with Gasteiger partial charge in [-0.1, -0.05) is 12.1 Å². The topological polar surface area (TPSA) is 30.5 Å². The minimum atomic E-state index is 0.626. The lowest BCUT2D eigenvalue weighted by Crippen LogP contribution is -2.15. The molecule has 2 aromatic rings. The fraction of sp³-hybridized carbons (Fsp3) is 0.294. The Hall–Kier alpha value is -2.16. The average Bonchev–Trinajstić information content (AvgIpc) is 2.48. The first-order valence-electron chi connectivity index (χ1n) is 6.92. The van der Waals surface area contributed by atoms with E-state index in [0.717, 1.165) is 23.7 Å². The molecule has 3 rings (SSSR count). The molecular formula is C17H19NO2. The van der Waals surface area contributed by atoms with Crippen LogP contribution in [0.3, 0.4) is 0 Å². The maximum absolute atomic E-state index is 5.60. The molecule has 0 saturated heterocycles. The van der Waals surface area contributed by atoms with Crippen molar-refractivity contribution in [3.05, 3.63) is 53.1 Å². The number of hydrogen-bond donors (Lipinski definition) is 1. The lowest BCUT2D eigenvalue weighted by molar-refractivity contribution is 0.171. The molecule has 0 fully saturated rings. The van der Waals surface area contributed by atoms with E-state index in [0.29, 0.717) is 13.2 Å². The normalized spacial score (nSPS) is 13.1. The second-order valence-electron chi connectivity index (χ2n) is 5.13. The summed E-state index contributed by atoms with van der Waals surface area (Å²) in [7, 11) is 0. The van der Waals surface area contributed by atoms with Crippen molar-refractivity contribution in [2.24, 2.45) is 0 Å². The summed E-state index contributed by atoms with van der Waals surface area (Å²) in [6.45, 7) is 6.29. The van der Waals surface area contributed by atoms with E-state index in [9.17, 15) is 0 Å². The van der Waals surface area contributed by atoms with E-state index in [2.05, 4.69) is 43.4 Å². The Labute approximate surface area is 119 Å². The second-order valence-corrected chi connectivity index (χ2v) is 5.13. The Kier molecular flexibility index (Phi) is 3.50. The number of benzene rings is 2. The summed E-state index contributed by atoms with van der Waals surface area (Å²) < 4.78 is 11.1. The van der Waals surface area contributed by atoms with E-state index in [1.807, 2.05) is 12.1 Å². The summed E-state index contributed by atoms with van der Waals surface area (Å²) in [5.41, 5.74) is 4.95. The van der Waals surface area contributed by atoms with Gasteiger partial charge < -0.3 is 14.8 Å². The third kappa shape index (κ3) is 2.72. The average molecular weight is 269 g/mol. The molecular weight excluding hydrogens is 250 g/mol. The van der Waals surface area contributed by atoms with Gasteiger partial charge in [-0.2, -0.15) is 0 Å². The predicted octanol–water partition coefficient (Wildman–Crippen LogP) is 3.69. The van der Waals surface area contributed by atoms with Crippen molar-refractivity contribution in [1.29, 1.82) is 0 Å². The van der Waals surface area contributed by atoms with Crippen molar-refractivity contribution in [2.75, 3.05) is 18.5 Å². The summed E-state index contributed by atoms with van der Waals surface area (Å²) >= 11 is 0. The first kappa shape index (κ1) is 12.9. The minimum Gasteiger partial charge on any atom is -0.486 e. The molecule has 0 amide bonds. The lowest BCUT2D eigenvalue weighted by Gasteiger charge is -2.19. The highest BCUT2D eigenvalue weighted by atomic mass is 16.6. The Morgan fingerprint density at radius 1 is 0.900 bits per heavy atom. The number of aryl methyl sites for hydroxylation is 2. The van der Waals surface area contributed by atoms with Crippen LogP contribution in [0.1, 0.15) is 16.7 Å². The van der Waals surface area contributed by atoms with Crippen LogP contribution in [0.2, 0.25) is 0 Å². The molecule has 3 nitrogen and oxygen atoms in total. The van der Waals surface area contributed by atoms with Crippen molar-refractivity contribution in [3.63, 3.8) is 0 Å². The molecule has 3 heteroatoms. The Morgan fingerprint density at radius 2 is 1.70 bits per heavy atom. The summed E-state index contributed by atoms with van der Waals surface area (Å²) in [6, 6.07) is 12.5. The first-order valence-corrected chi connectivity index (χ1v) is 6.92. The van der Waals surface area contributed by atoms with E-state index >= 15 is 0 Å². The molecule has 2 aromatic carbocycles. The van der Waals surface area contributed by atoms with Gasteiger partial charge in [0.1, 0.15) is 13.2 Å². The van der Waals surface area contributed by atoms with Crippen molar-refractivity contribution in [2.45, 2.75) is 20.4 Å². The highest BCUT2D eigenvalue weighted by molar-refractivity contribution is 5.50. The van der Waals surface area contributed by atoms with E-state index in [4.69, 9.17) is 9.47 Å². The third-order valence-electron chi connectivity index (χ3n) is 3.61. The quantitative estimate of drug-likeness (QED) is 0.922. The number of nitrogens with one attached hydrogen (secondary N) is 1. The zero-order valence-electron chi connectivity index (χ0n) is 11.9. The molecule has 104 valence electrons. The van der Waals surface area contributed by atoms with Crippen molar-refractivity contribution in [3.8, 4) is 11.5 Å². The zero-order valence-corrected chi connectivity index (χ0v) is 11.9. The maximum Gasteiger partial charge on any atom is 0.161 e. The SMILES string of the molecule is Cc1ccc(NCc2ccc3c(c2)OCCO3)cc1C. The predicted molar refractivity (Wildman–Crippen MR) is 80.7 cm³/mol. The summed E-state index contributed by atoms with van der Waals surface area (Å²) in [4.78, 5) is 0. The zero-order chi connectivity index (χ0) is 13.9. The number of hydrogen-bond acceptors (Lipinski definition) is 3. The molecule has 0 radical (unpaired) electrons. The molecule has 20 heavy (non-hydrogen) atoms. The molecule has 1 aliphatic rings. The Morgan fingerprint density at radius 3 is 2.50 bits per heavy atom. The fourth-order valence-electron chi connectivity index (χ4n) is 2.25. The molecule has 0 bridgehead atoms. The van der Waals surface area contributed by atoms with Crippen LogP contribution in [0.15, 0.2) is 36.4 Å². The Balaban J connectivity index is 1.70. The van der Waals surface area contributed by atoms with Gasteiger partial charge in [0.15, 0.2) is 11.5 Å². The van der Waals surface area contributed by atoms with Gasteiger partial charge in [-0.15, -0.1) is 0 Å². The number of rotatable bonds is 3. The maximum atomic E-state index is 5.60. The van der Waals surface area contributed by atoms with Crippen LogP contribution in [-0.2, 0) is 6.54 Å². The van der Waals surface area contributed by atoms with Gasteiger partial charge in [-0.3, -0.25) is 0 Å². The standard InChI is InChI=1S/C17H19NO2/c1-12-3-5-15(9-13(12)2)18-11-14-4-6-16-17(10-14)20-8-7-19-16/h3-6,9-10,18H,7-8,11H2,1-2H3. The monoisotopic (exact) mass is 269 g/mol. The van der Waals surface area contributed by atoms with Gasteiger partial charge in [-0.25, -0.2) is 0 Å². The van der Waals surface area contributed by atoms with E-state index in [-0.39, 0.29) is 0 Å². The number of ether oxygens (including phenoxy) is 2. The van der Waals surface area contributed by atoms with Crippen LogP contribution in [-0.4, -0.2) is 13.2 Å². The fourth-order valence-corrected chi connectivity index (χ4v) is 2.25. The van der Waals surface area contributed by atoms with Crippen LogP contribution in [0.4, 0.5) is 5.69 Å². The van der Waals surface area contributed by atoms with Gasteiger partial charge in [0.05, 0.1) is 0 Å². The van der Waals surface area contributed by atoms with E-state index in [1.54, 1.807) is 0 Å². The largest absolute Gasteiger partial charge is 0.486 e. The molecule has 1 aliphatic heterocycles. The molecule has 0 aromatic heterocycles. The molecule has 0 atom stereocenters. The van der Waals surface area contributed by atoms with Gasteiger partial charge in [-0.05, 0) is 54.8 Å². The Bertz CT molecular complexity index is 622. The van der Waals surface area contributed by atoms with Crippen LogP contribution < -0.4 is 14.8 Å². The lowest BCUT2D eigenvalue weighted by atomic mass is 10.1. The summed E-state index contributed by atoms with van der Waals surface area (Å²) in [6.07, 6.45) is 0. The molecule has 1 heterocycles. The highest BCUT2D eigenvalue weighted by Gasteiger charge is 2.11. The third-order valence-corrected chi connectivity index (χ3v) is 3.61.